The van der Waals surface area contributed by atoms with E-state index in [0.29, 0.717) is 11.5 Å². The van der Waals surface area contributed by atoms with Gasteiger partial charge in [0.1, 0.15) is 0 Å². The smallest absolute Gasteiger partial charge is 0.344 e. The second-order valence-corrected chi connectivity index (χ2v) is 3.71. The molecule has 16 heavy (non-hydrogen) atoms. The van der Waals surface area contributed by atoms with Crippen LogP contribution in [0.2, 0.25) is 0 Å². The van der Waals surface area contributed by atoms with Crippen LogP contribution in [-0.2, 0) is 4.79 Å². The average molecular weight is 224 g/mol. The first-order valence-electron chi connectivity index (χ1n) is 5.16. The van der Waals surface area contributed by atoms with Gasteiger partial charge in [0, 0.05) is 0 Å². The van der Waals surface area contributed by atoms with Crippen LogP contribution in [-0.4, -0.2) is 23.3 Å². The Labute approximate surface area is 94.8 Å². The minimum Gasteiger partial charge on any atom is -0.487 e. The maximum absolute atomic E-state index is 10.7. The number of benzene rings is 1. The predicted octanol–water partition coefficient (Wildman–Crippen LogP) is 2.33. The number of aliphatic carboxylic acids is 1. The summed E-state index contributed by atoms with van der Waals surface area (Å²) in [7, 11) is 0. The molecule has 1 rings (SSSR count). The van der Waals surface area contributed by atoms with Crippen LogP contribution in [0.4, 0.5) is 0 Å². The summed E-state index contributed by atoms with van der Waals surface area (Å²) in [6.45, 7) is 5.28. The fourth-order valence-corrected chi connectivity index (χ4v) is 1.14. The van der Waals surface area contributed by atoms with Crippen LogP contribution in [0.3, 0.4) is 0 Å². The van der Waals surface area contributed by atoms with Crippen LogP contribution in [0.15, 0.2) is 24.3 Å². The highest BCUT2D eigenvalue weighted by Gasteiger charge is 2.15. The first-order chi connectivity index (χ1) is 7.50. The Balaban J connectivity index is 2.82. The van der Waals surface area contributed by atoms with Gasteiger partial charge in [0.15, 0.2) is 17.6 Å². The normalized spacial score (nSPS) is 12.2. The summed E-state index contributed by atoms with van der Waals surface area (Å²) < 4.78 is 10.8. The number of hydrogen-bond donors (Lipinski definition) is 1. The number of rotatable bonds is 5. The summed E-state index contributed by atoms with van der Waals surface area (Å²) in [5, 5.41) is 8.75. The Morgan fingerprint density at radius 3 is 2.06 bits per heavy atom. The fraction of sp³-hybridized carbons (Fsp3) is 0.417. The molecule has 1 atom stereocenters. The molecule has 0 heterocycles. The van der Waals surface area contributed by atoms with Crippen molar-refractivity contribution in [2.75, 3.05) is 0 Å². The van der Waals surface area contributed by atoms with Crippen molar-refractivity contribution < 1.29 is 19.4 Å². The van der Waals surface area contributed by atoms with Gasteiger partial charge in [-0.1, -0.05) is 12.1 Å². The lowest BCUT2D eigenvalue weighted by Gasteiger charge is -2.16. The summed E-state index contributed by atoms with van der Waals surface area (Å²) in [6.07, 6.45) is -0.873. The molecule has 0 aliphatic rings. The third-order valence-electron chi connectivity index (χ3n) is 1.86. The number of carbonyl (C=O) groups is 1. The van der Waals surface area contributed by atoms with E-state index in [1.165, 1.54) is 6.92 Å². The van der Waals surface area contributed by atoms with E-state index in [1.807, 2.05) is 19.9 Å². The van der Waals surface area contributed by atoms with Crippen LogP contribution in [0.1, 0.15) is 20.8 Å². The van der Waals surface area contributed by atoms with Crippen molar-refractivity contribution in [3.8, 4) is 11.5 Å². The Hall–Kier alpha value is -1.71. The zero-order valence-electron chi connectivity index (χ0n) is 9.64. The SMILES string of the molecule is CC(C)Oc1ccccc1OC(C)C(=O)O. The molecule has 4 heteroatoms. The number of carboxylic acids is 1. The van der Waals surface area contributed by atoms with Crippen LogP contribution in [0.5, 0.6) is 11.5 Å². The van der Waals surface area contributed by atoms with Gasteiger partial charge in [-0.15, -0.1) is 0 Å². The van der Waals surface area contributed by atoms with Gasteiger partial charge in [0.2, 0.25) is 0 Å². The number of ether oxygens (including phenoxy) is 2. The Morgan fingerprint density at radius 1 is 1.12 bits per heavy atom. The molecule has 0 aromatic heterocycles. The highest BCUT2D eigenvalue weighted by atomic mass is 16.5. The third-order valence-corrected chi connectivity index (χ3v) is 1.86. The van der Waals surface area contributed by atoms with Gasteiger partial charge in [-0.25, -0.2) is 4.79 Å². The lowest BCUT2D eigenvalue weighted by Crippen LogP contribution is -2.23. The molecular weight excluding hydrogens is 208 g/mol. The number of hydrogen-bond acceptors (Lipinski definition) is 3. The average Bonchev–Trinajstić information content (AvgIpc) is 2.20. The number of carboxylic acid groups (broad SMARTS) is 1. The topological polar surface area (TPSA) is 55.8 Å². The monoisotopic (exact) mass is 224 g/mol. The first kappa shape index (κ1) is 12.4. The molecule has 88 valence electrons. The zero-order chi connectivity index (χ0) is 12.1. The van der Waals surface area contributed by atoms with Gasteiger partial charge < -0.3 is 14.6 Å². The van der Waals surface area contributed by atoms with Crippen molar-refractivity contribution in [2.45, 2.75) is 33.0 Å². The standard InChI is InChI=1S/C12H16O4/c1-8(2)15-10-6-4-5-7-11(10)16-9(3)12(13)14/h4-9H,1-3H3,(H,13,14). The molecular formula is C12H16O4. The second kappa shape index (κ2) is 5.39. The van der Waals surface area contributed by atoms with Crippen molar-refractivity contribution in [1.82, 2.24) is 0 Å². The lowest BCUT2D eigenvalue weighted by atomic mass is 10.3. The Morgan fingerprint density at radius 2 is 1.62 bits per heavy atom. The van der Waals surface area contributed by atoms with E-state index in [2.05, 4.69) is 0 Å². The Kier molecular flexibility index (Phi) is 4.17. The van der Waals surface area contributed by atoms with E-state index < -0.39 is 12.1 Å². The molecule has 0 saturated heterocycles. The van der Waals surface area contributed by atoms with E-state index in [0.717, 1.165) is 0 Å². The van der Waals surface area contributed by atoms with E-state index in [9.17, 15) is 4.79 Å². The van der Waals surface area contributed by atoms with Crippen LogP contribution >= 0.6 is 0 Å². The molecule has 1 aromatic rings. The minimum atomic E-state index is -1.00. The molecule has 0 saturated carbocycles. The molecule has 0 bridgehead atoms. The largest absolute Gasteiger partial charge is 0.487 e. The maximum atomic E-state index is 10.7. The molecule has 0 amide bonds. The zero-order valence-corrected chi connectivity index (χ0v) is 9.64. The second-order valence-electron chi connectivity index (χ2n) is 3.71. The van der Waals surface area contributed by atoms with Gasteiger partial charge in [-0.3, -0.25) is 0 Å². The highest BCUT2D eigenvalue weighted by molar-refractivity contribution is 5.72. The summed E-state index contributed by atoms with van der Waals surface area (Å²) in [6, 6.07) is 7.04. The van der Waals surface area contributed by atoms with E-state index in [4.69, 9.17) is 14.6 Å². The lowest BCUT2D eigenvalue weighted by molar-refractivity contribution is -0.144. The molecule has 4 nitrogen and oxygen atoms in total. The number of para-hydroxylation sites is 2. The van der Waals surface area contributed by atoms with E-state index >= 15 is 0 Å². The molecule has 1 N–H and O–H groups in total. The summed E-state index contributed by atoms with van der Waals surface area (Å²) in [5.74, 6) is 0.0102. The van der Waals surface area contributed by atoms with Gasteiger partial charge in [0.25, 0.3) is 0 Å². The predicted molar refractivity (Wildman–Crippen MR) is 59.9 cm³/mol. The van der Waals surface area contributed by atoms with Crippen molar-refractivity contribution >= 4 is 5.97 Å². The highest BCUT2D eigenvalue weighted by Crippen LogP contribution is 2.28. The maximum Gasteiger partial charge on any atom is 0.344 e. The molecule has 0 spiro atoms. The Bertz CT molecular complexity index is 360. The molecule has 0 fully saturated rings. The molecule has 1 aromatic carbocycles. The van der Waals surface area contributed by atoms with Crippen molar-refractivity contribution in [3.63, 3.8) is 0 Å². The first-order valence-corrected chi connectivity index (χ1v) is 5.16. The van der Waals surface area contributed by atoms with Crippen LogP contribution in [0, 0.1) is 0 Å². The molecule has 0 radical (unpaired) electrons. The summed E-state index contributed by atoms with van der Waals surface area (Å²) >= 11 is 0. The van der Waals surface area contributed by atoms with Crippen molar-refractivity contribution in [3.05, 3.63) is 24.3 Å². The third kappa shape index (κ3) is 3.46. The van der Waals surface area contributed by atoms with Crippen molar-refractivity contribution in [1.29, 1.82) is 0 Å². The van der Waals surface area contributed by atoms with Crippen LogP contribution in [0.25, 0.3) is 0 Å². The summed E-state index contributed by atoms with van der Waals surface area (Å²) in [4.78, 5) is 10.7. The van der Waals surface area contributed by atoms with E-state index in [-0.39, 0.29) is 6.10 Å². The molecule has 1 unspecified atom stereocenters. The van der Waals surface area contributed by atoms with Gasteiger partial charge in [-0.2, -0.15) is 0 Å². The van der Waals surface area contributed by atoms with Crippen LogP contribution < -0.4 is 9.47 Å². The minimum absolute atomic E-state index is 0.0184. The molecule has 0 aliphatic heterocycles. The van der Waals surface area contributed by atoms with Gasteiger partial charge in [0.05, 0.1) is 6.10 Å². The fourth-order valence-electron chi connectivity index (χ4n) is 1.14. The van der Waals surface area contributed by atoms with E-state index in [1.54, 1.807) is 18.2 Å². The quantitative estimate of drug-likeness (QED) is 0.833. The van der Waals surface area contributed by atoms with Gasteiger partial charge >= 0.3 is 5.97 Å². The van der Waals surface area contributed by atoms with Gasteiger partial charge in [-0.05, 0) is 32.9 Å². The van der Waals surface area contributed by atoms with Crippen molar-refractivity contribution in [2.24, 2.45) is 0 Å². The summed E-state index contributed by atoms with van der Waals surface area (Å²) in [5.41, 5.74) is 0. The molecule has 0 aliphatic carbocycles.